The number of carbonyl (C=O) groups excluding carboxylic acids is 1. The highest BCUT2D eigenvalue weighted by atomic mass is 32.2. The second kappa shape index (κ2) is 15.0. The summed E-state index contributed by atoms with van der Waals surface area (Å²) in [4.78, 5) is 24.5. The van der Waals surface area contributed by atoms with Gasteiger partial charge in [0.25, 0.3) is 5.91 Å². The fraction of sp³-hybridized carbons (Fsp3) is 0.375. The maximum Gasteiger partial charge on any atom is 0.326 e. The first-order valence-corrected chi connectivity index (χ1v) is 16.4. The minimum atomic E-state index is -3.57. The molecule has 3 aromatic carbocycles. The number of benzene rings is 3. The second-order valence-electron chi connectivity index (χ2n) is 11.2. The summed E-state index contributed by atoms with van der Waals surface area (Å²) in [5.41, 5.74) is 2.37. The molecule has 3 aromatic rings. The molecule has 236 valence electrons. The summed E-state index contributed by atoms with van der Waals surface area (Å²) >= 11 is 0. The van der Waals surface area contributed by atoms with Crippen LogP contribution in [0.3, 0.4) is 0 Å². The van der Waals surface area contributed by atoms with Gasteiger partial charge < -0.3 is 30.7 Å². The summed E-state index contributed by atoms with van der Waals surface area (Å²) in [5, 5.41) is 35.8. The van der Waals surface area contributed by atoms with Gasteiger partial charge in [0.15, 0.2) is 0 Å². The molecule has 0 saturated heterocycles. The number of rotatable bonds is 14. The van der Waals surface area contributed by atoms with Crippen LogP contribution in [0.4, 0.5) is 5.69 Å². The van der Waals surface area contributed by atoms with Gasteiger partial charge in [-0.1, -0.05) is 42.5 Å². The molecule has 1 aliphatic carbocycles. The van der Waals surface area contributed by atoms with E-state index in [2.05, 4.69) is 15.4 Å². The maximum absolute atomic E-state index is 12.8. The molecule has 1 saturated carbocycles. The van der Waals surface area contributed by atoms with E-state index in [1.165, 1.54) is 18.2 Å². The number of aromatic hydroxyl groups is 1. The molecular weight excluding hydrogens is 586 g/mol. The van der Waals surface area contributed by atoms with E-state index in [9.17, 15) is 33.3 Å². The van der Waals surface area contributed by atoms with E-state index in [4.69, 9.17) is 4.74 Å². The van der Waals surface area contributed by atoms with Crippen LogP contribution in [-0.2, 0) is 21.2 Å². The van der Waals surface area contributed by atoms with Crippen molar-refractivity contribution in [3.8, 4) is 11.5 Å². The Morgan fingerprint density at radius 2 is 1.66 bits per heavy atom. The first-order chi connectivity index (χ1) is 21.0. The second-order valence-corrected chi connectivity index (χ2v) is 12.9. The maximum atomic E-state index is 12.8. The van der Waals surface area contributed by atoms with Crippen molar-refractivity contribution in [3.05, 3.63) is 89.5 Å². The van der Waals surface area contributed by atoms with Gasteiger partial charge in [-0.25, -0.2) is 13.2 Å². The Kier molecular flexibility index (Phi) is 11.2. The monoisotopic (exact) mass is 625 g/mol. The number of amides is 1. The van der Waals surface area contributed by atoms with Gasteiger partial charge in [-0.05, 0) is 67.0 Å². The smallest absolute Gasteiger partial charge is 0.326 e. The summed E-state index contributed by atoms with van der Waals surface area (Å²) in [6, 6.07) is 19.9. The predicted molar refractivity (Wildman–Crippen MR) is 167 cm³/mol. The molecule has 4 rings (SSSR count). The largest absolute Gasteiger partial charge is 0.506 e. The number of phenols is 1. The Balaban J connectivity index is 1.19. The molecule has 0 aliphatic heterocycles. The van der Waals surface area contributed by atoms with E-state index in [0.29, 0.717) is 23.8 Å². The third kappa shape index (κ3) is 9.97. The van der Waals surface area contributed by atoms with Crippen LogP contribution < -0.4 is 20.1 Å². The Bertz CT molecular complexity index is 1510. The lowest BCUT2D eigenvalue weighted by atomic mass is 9.81. The number of hydrogen-bond acceptors (Lipinski definition) is 8. The molecule has 1 aliphatic rings. The number of aliphatic hydroxyl groups excluding tert-OH is 1. The number of carbonyl (C=O) groups is 2. The lowest BCUT2D eigenvalue weighted by molar-refractivity contribution is -0.139. The van der Waals surface area contributed by atoms with Crippen LogP contribution in [0.2, 0.25) is 0 Å². The zero-order valence-electron chi connectivity index (χ0n) is 24.5. The molecule has 1 fully saturated rings. The first-order valence-electron chi connectivity index (χ1n) is 14.5. The van der Waals surface area contributed by atoms with E-state index in [-0.39, 0.29) is 30.5 Å². The fourth-order valence-electron chi connectivity index (χ4n) is 5.27. The Morgan fingerprint density at radius 3 is 2.30 bits per heavy atom. The number of anilines is 1. The van der Waals surface area contributed by atoms with Gasteiger partial charge in [-0.2, -0.15) is 0 Å². The highest BCUT2D eigenvalue weighted by Crippen LogP contribution is 2.33. The van der Waals surface area contributed by atoms with Crippen LogP contribution in [0, 0.1) is 0 Å². The molecule has 0 radical (unpaired) electrons. The number of ether oxygens (including phenoxy) is 1. The number of carboxylic acids is 1. The number of aliphatic carboxylic acids is 1. The van der Waals surface area contributed by atoms with E-state index in [1.807, 2.05) is 42.5 Å². The first kappa shape index (κ1) is 32.8. The lowest BCUT2D eigenvalue weighted by Gasteiger charge is -2.30. The van der Waals surface area contributed by atoms with E-state index < -0.39 is 34.0 Å². The molecule has 44 heavy (non-hydrogen) atoms. The molecule has 1 amide bonds. The lowest BCUT2D eigenvalue weighted by Crippen LogP contribution is -2.42. The minimum absolute atomic E-state index is 0.00191. The molecular formula is C32H39N3O8S. The summed E-state index contributed by atoms with van der Waals surface area (Å²) < 4.78 is 30.7. The topological polar surface area (TPSA) is 174 Å². The van der Waals surface area contributed by atoms with Gasteiger partial charge >= 0.3 is 5.97 Å². The standard InChI is InChI=1S/C32H39N3O8S/c1-44(41,42)35-28-18-27(15-16-30(28)37)43-20-26(36)19-33-25-13-11-23(12-14-25)22-7-9-24(10-8-22)31(38)34-29(32(39)40)17-21-5-3-2-4-6-21/h2-10,15-16,18,23,25-26,29,33,35-37H,11-14,17,19-20H2,1H3,(H,34,38)(H,39,40)/t23-,25-,26-,29-/m0/s1. The highest BCUT2D eigenvalue weighted by Gasteiger charge is 2.24. The molecule has 0 unspecified atom stereocenters. The van der Waals surface area contributed by atoms with Gasteiger partial charge in [-0.3, -0.25) is 9.52 Å². The molecule has 0 spiro atoms. The summed E-state index contributed by atoms with van der Waals surface area (Å²) in [6.45, 7) is 0.318. The SMILES string of the molecule is CS(=O)(=O)Nc1cc(OC[C@@H](O)CN[C@H]2CC[C@H](c3ccc(C(=O)N[C@@H](Cc4ccccc4)C(=O)O)cc3)CC2)ccc1O. The van der Waals surface area contributed by atoms with Gasteiger partial charge in [0, 0.05) is 30.6 Å². The molecule has 11 nitrogen and oxygen atoms in total. The number of carboxylic acid groups (broad SMARTS) is 1. The molecule has 0 bridgehead atoms. The Hall–Kier alpha value is -4.13. The number of sulfonamides is 1. The zero-order chi connectivity index (χ0) is 31.7. The van der Waals surface area contributed by atoms with Crippen molar-refractivity contribution in [2.75, 3.05) is 24.1 Å². The van der Waals surface area contributed by atoms with Crippen molar-refractivity contribution in [3.63, 3.8) is 0 Å². The van der Waals surface area contributed by atoms with Gasteiger partial charge in [0.1, 0.15) is 30.3 Å². The van der Waals surface area contributed by atoms with Crippen LogP contribution in [0.5, 0.6) is 11.5 Å². The average molecular weight is 626 g/mol. The Labute approximate surface area is 257 Å². The van der Waals surface area contributed by atoms with Crippen LogP contribution in [0.25, 0.3) is 0 Å². The van der Waals surface area contributed by atoms with Crippen LogP contribution in [-0.4, -0.2) is 73.2 Å². The van der Waals surface area contributed by atoms with Crippen molar-refractivity contribution in [2.24, 2.45) is 0 Å². The predicted octanol–water partition coefficient (Wildman–Crippen LogP) is 3.25. The minimum Gasteiger partial charge on any atom is -0.506 e. The zero-order valence-corrected chi connectivity index (χ0v) is 25.3. The summed E-state index contributed by atoms with van der Waals surface area (Å²) in [7, 11) is -3.57. The van der Waals surface area contributed by atoms with E-state index >= 15 is 0 Å². The molecule has 6 N–H and O–H groups in total. The van der Waals surface area contributed by atoms with Gasteiger partial charge in [0.05, 0.1) is 11.9 Å². The van der Waals surface area contributed by atoms with Crippen molar-refractivity contribution in [1.29, 1.82) is 0 Å². The van der Waals surface area contributed by atoms with E-state index in [0.717, 1.165) is 43.1 Å². The van der Waals surface area contributed by atoms with Crippen molar-refractivity contribution < 1.29 is 38.1 Å². The molecule has 2 atom stereocenters. The number of nitrogens with one attached hydrogen (secondary N) is 3. The third-order valence-electron chi connectivity index (χ3n) is 7.61. The number of aliphatic hydroxyl groups is 1. The van der Waals surface area contributed by atoms with Crippen LogP contribution in [0.15, 0.2) is 72.8 Å². The fourth-order valence-corrected chi connectivity index (χ4v) is 5.83. The van der Waals surface area contributed by atoms with Crippen LogP contribution >= 0.6 is 0 Å². The Morgan fingerprint density at radius 1 is 0.977 bits per heavy atom. The number of phenolic OH excluding ortho intramolecular Hbond substituents is 1. The van der Waals surface area contributed by atoms with Crippen molar-refractivity contribution in [2.45, 2.75) is 56.2 Å². The van der Waals surface area contributed by atoms with E-state index in [1.54, 1.807) is 12.1 Å². The quantitative estimate of drug-likeness (QED) is 0.147. The summed E-state index contributed by atoms with van der Waals surface area (Å²) in [5.74, 6) is -1.09. The molecule has 0 heterocycles. The molecule has 0 aromatic heterocycles. The summed E-state index contributed by atoms with van der Waals surface area (Å²) in [6.07, 6.45) is 4.10. The highest BCUT2D eigenvalue weighted by molar-refractivity contribution is 7.92. The molecule has 12 heteroatoms. The van der Waals surface area contributed by atoms with Crippen LogP contribution in [0.1, 0.15) is 53.1 Å². The third-order valence-corrected chi connectivity index (χ3v) is 8.20. The van der Waals surface area contributed by atoms with Gasteiger partial charge in [-0.15, -0.1) is 0 Å². The van der Waals surface area contributed by atoms with Gasteiger partial charge in [0.2, 0.25) is 10.0 Å². The van der Waals surface area contributed by atoms with Crippen molar-refractivity contribution >= 4 is 27.6 Å². The average Bonchev–Trinajstić information content (AvgIpc) is 3.00. The number of hydrogen-bond donors (Lipinski definition) is 6. The normalized spacial score (nSPS) is 18.1. The van der Waals surface area contributed by atoms with Crippen molar-refractivity contribution in [1.82, 2.24) is 10.6 Å².